The molecule has 0 aliphatic carbocycles. The third kappa shape index (κ3) is 5.24. The van der Waals surface area contributed by atoms with Crippen LogP contribution >= 0.6 is 0 Å². The highest BCUT2D eigenvalue weighted by molar-refractivity contribution is 6.26. The van der Waals surface area contributed by atoms with Crippen molar-refractivity contribution in [3.63, 3.8) is 0 Å². The van der Waals surface area contributed by atoms with Gasteiger partial charge in [-0.3, -0.25) is 0 Å². The molecule has 1 saturated heterocycles. The summed E-state index contributed by atoms with van der Waals surface area (Å²) in [6.45, 7) is 11.4. The van der Waals surface area contributed by atoms with Crippen molar-refractivity contribution in [1.82, 2.24) is 14.6 Å². The number of hydrogen-bond acceptors (Lipinski definition) is 7. The van der Waals surface area contributed by atoms with E-state index < -0.39 is 25.5 Å². The van der Waals surface area contributed by atoms with Crippen LogP contribution in [0.3, 0.4) is 0 Å². The van der Waals surface area contributed by atoms with Gasteiger partial charge in [0.25, 0.3) is 0 Å². The number of nitrogens with zero attached hydrogens (tertiary/aromatic N) is 4. The van der Waals surface area contributed by atoms with Gasteiger partial charge in [-0.2, -0.15) is 5.10 Å². The smallest absolute Gasteiger partial charge is 0.343 e. The first-order chi connectivity index (χ1) is 17.3. The normalized spacial score (nSPS) is 19.8. The number of anilines is 1. The third-order valence-corrected chi connectivity index (χ3v) is 8.25. The number of carbonyl (C=O) groups excluding carboxylic acids is 1. The summed E-state index contributed by atoms with van der Waals surface area (Å²) in [5.74, 6) is 0.194. The summed E-state index contributed by atoms with van der Waals surface area (Å²) < 4.78 is 33.4. The second-order valence-corrected chi connectivity index (χ2v) is 11.4. The first-order valence-corrected chi connectivity index (χ1v) is 16.5. The van der Waals surface area contributed by atoms with Crippen LogP contribution in [0.4, 0.5) is 10.2 Å². The molecule has 1 aromatic carbocycles. The van der Waals surface area contributed by atoms with Gasteiger partial charge in [-0.05, 0) is 43.0 Å². The van der Waals surface area contributed by atoms with Crippen molar-refractivity contribution >= 4 is 37.0 Å². The van der Waals surface area contributed by atoms with Crippen LogP contribution in [0.25, 0.3) is 5.65 Å². The number of hydrogen-bond donors (Lipinski definition) is 0. The van der Waals surface area contributed by atoms with E-state index in [4.69, 9.17) is 18.6 Å². The maximum atomic E-state index is 14.3. The lowest BCUT2D eigenvalue weighted by atomic mass is 9.76. The van der Waals surface area contributed by atoms with Crippen molar-refractivity contribution in [3.05, 3.63) is 59.7 Å². The van der Waals surface area contributed by atoms with Crippen molar-refractivity contribution in [2.75, 3.05) is 18.1 Å². The minimum absolute atomic E-state index is 0.0905. The second kappa shape index (κ2) is 11.2. The first kappa shape index (κ1) is 26.5. The fourth-order valence-corrected chi connectivity index (χ4v) is 6.85. The van der Waals surface area contributed by atoms with E-state index in [0.29, 0.717) is 23.6 Å². The van der Waals surface area contributed by atoms with Crippen LogP contribution in [0.15, 0.2) is 42.7 Å². The molecule has 0 N–H and O–H groups in total. The minimum Gasteiger partial charge on any atom is -0.462 e. The number of rotatable bonds is 10. The lowest BCUT2D eigenvalue weighted by molar-refractivity contribution is -0.101. The summed E-state index contributed by atoms with van der Waals surface area (Å²) >= 11 is 0. The maximum Gasteiger partial charge on any atom is 0.343 e. The predicted octanol–water partition coefficient (Wildman–Crippen LogP) is 3.26. The van der Waals surface area contributed by atoms with Crippen molar-refractivity contribution in [1.29, 1.82) is 0 Å². The van der Waals surface area contributed by atoms with Crippen LogP contribution in [-0.2, 0) is 13.6 Å². The quantitative estimate of drug-likeness (QED) is 0.226. The number of aromatic nitrogens is 3. The van der Waals surface area contributed by atoms with E-state index in [1.807, 2.05) is 12.1 Å². The number of esters is 1. The van der Waals surface area contributed by atoms with E-state index in [0.717, 1.165) is 12.0 Å². The predicted molar refractivity (Wildman–Crippen MR) is 142 cm³/mol. The monoisotopic (exact) mass is 530 g/mol. The lowest BCUT2D eigenvalue weighted by Gasteiger charge is -2.39. The van der Waals surface area contributed by atoms with E-state index >= 15 is 0 Å². The highest BCUT2D eigenvalue weighted by Gasteiger charge is 2.46. The van der Waals surface area contributed by atoms with Crippen LogP contribution in [-0.4, -0.2) is 59.5 Å². The Morgan fingerprint density at radius 2 is 2.00 bits per heavy atom. The Kier molecular flexibility index (Phi) is 8.23. The summed E-state index contributed by atoms with van der Waals surface area (Å²) in [5.41, 5.74) is 1.40. The Morgan fingerprint density at radius 1 is 1.25 bits per heavy atom. The average molecular weight is 531 g/mol. The van der Waals surface area contributed by atoms with Gasteiger partial charge in [0.1, 0.15) is 23.5 Å². The highest BCUT2D eigenvalue weighted by atomic mass is 28.2. The van der Waals surface area contributed by atoms with Crippen LogP contribution in [0.1, 0.15) is 49.2 Å². The zero-order chi connectivity index (χ0) is 25.9. The molecule has 1 aliphatic heterocycles. The molecule has 0 bridgehead atoms. The number of fused-ring (bicyclic) bond motifs is 1. The third-order valence-electron chi connectivity index (χ3n) is 6.97. The number of benzene rings is 1. The Hall–Kier alpha value is -2.61. The van der Waals surface area contributed by atoms with E-state index in [9.17, 15) is 9.18 Å². The Bertz CT molecular complexity index is 1200. The SMILES string of the molecule is CCOC(=O)c1cnn2ccc(N3C[C@@H](C(C)(C)C(O[SiH2]C)O[SiH2]C)C[C@@H]3c3cccc(F)c3)nc12. The van der Waals surface area contributed by atoms with Crippen LogP contribution in [0.2, 0.25) is 13.1 Å². The summed E-state index contributed by atoms with van der Waals surface area (Å²) in [4.78, 5) is 19.5. The molecule has 11 heteroatoms. The van der Waals surface area contributed by atoms with Crippen molar-refractivity contribution in [2.24, 2.45) is 11.3 Å². The Balaban J connectivity index is 1.74. The molecule has 1 fully saturated rings. The van der Waals surface area contributed by atoms with Gasteiger partial charge in [-0.1, -0.05) is 39.1 Å². The van der Waals surface area contributed by atoms with Gasteiger partial charge in [0, 0.05) is 18.2 Å². The summed E-state index contributed by atoms with van der Waals surface area (Å²) in [5, 5.41) is 4.26. The Labute approximate surface area is 216 Å². The van der Waals surface area contributed by atoms with Gasteiger partial charge < -0.3 is 18.5 Å². The largest absolute Gasteiger partial charge is 0.462 e. The second-order valence-electron chi connectivity index (χ2n) is 9.55. The van der Waals surface area contributed by atoms with E-state index in [1.165, 1.54) is 12.3 Å². The molecule has 8 nitrogen and oxygen atoms in total. The molecule has 0 unspecified atom stereocenters. The van der Waals surface area contributed by atoms with Gasteiger partial charge in [-0.15, -0.1) is 0 Å². The fourth-order valence-electron chi connectivity index (χ4n) is 5.00. The number of ether oxygens (including phenoxy) is 1. The van der Waals surface area contributed by atoms with Crippen molar-refractivity contribution in [2.45, 2.75) is 52.6 Å². The zero-order valence-electron chi connectivity index (χ0n) is 21.6. The maximum absolute atomic E-state index is 14.3. The molecule has 194 valence electrons. The van der Waals surface area contributed by atoms with Gasteiger partial charge in [0.15, 0.2) is 25.2 Å². The summed E-state index contributed by atoms with van der Waals surface area (Å²) in [6.07, 6.45) is 3.83. The van der Waals surface area contributed by atoms with Crippen molar-refractivity contribution in [3.8, 4) is 0 Å². The summed E-state index contributed by atoms with van der Waals surface area (Å²) in [6, 6.07) is 8.55. The molecule has 2 aromatic heterocycles. The van der Waals surface area contributed by atoms with Crippen LogP contribution < -0.4 is 4.90 Å². The lowest BCUT2D eigenvalue weighted by Crippen LogP contribution is -2.42. The molecule has 3 aromatic rings. The molecule has 0 saturated carbocycles. The van der Waals surface area contributed by atoms with Crippen LogP contribution in [0.5, 0.6) is 0 Å². The van der Waals surface area contributed by atoms with Gasteiger partial charge in [0.2, 0.25) is 0 Å². The van der Waals surface area contributed by atoms with E-state index in [2.05, 4.69) is 36.9 Å². The molecule has 0 spiro atoms. The first-order valence-electron chi connectivity index (χ1n) is 12.6. The Morgan fingerprint density at radius 3 is 2.67 bits per heavy atom. The molecule has 2 atom stereocenters. The van der Waals surface area contributed by atoms with Gasteiger partial charge >= 0.3 is 5.97 Å². The molecule has 0 radical (unpaired) electrons. The molecular weight excluding hydrogens is 495 g/mol. The topological polar surface area (TPSA) is 78.2 Å². The molecule has 36 heavy (non-hydrogen) atoms. The van der Waals surface area contributed by atoms with E-state index in [1.54, 1.807) is 29.8 Å². The molecule has 0 amide bonds. The standard InChI is InChI=1S/C25H35FN4O4Si2/c1-6-32-23(31)19-14-27-30-11-10-21(28-22(19)30)29-15-17(25(2,3)24(33-35-4)34-36-5)13-20(29)16-8-7-9-18(26)12-16/h7-12,14,17,20,24H,6,13,15,35-36H2,1-5H3/t17-,20+/m0/s1. The highest BCUT2D eigenvalue weighted by Crippen LogP contribution is 2.47. The number of halogens is 1. The fraction of sp³-hybridized carbons (Fsp3) is 0.480. The van der Waals surface area contributed by atoms with E-state index in [-0.39, 0.29) is 36.1 Å². The molecule has 3 heterocycles. The molecule has 4 rings (SSSR count). The van der Waals surface area contributed by atoms with Crippen LogP contribution in [0, 0.1) is 17.2 Å². The zero-order valence-corrected chi connectivity index (χ0v) is 24.4. The van der Waals surface area contributed by atoms with Gasteiger partial charge in [0.05, 0.1) is 18.8 Å². The number of carbonyl (C=O) groups is 1. The summed E-state index contributed by atoms with van der Waals surface area (Å²) in [7, 11) is -1.32. The molecular formula is C25H35FN4O4Si2. The molecule has 1 aliphatic rings. The minimum atomic E-state index is -0.659. The van der Waals surface area contributed by atoms with Gasteiger partial charge in [-0.25, -0.2) is 18.7 Å². The average Bonchev–Trinajstić information content (AvgIpc) is 3.49. The van der Waals surface area contributed by atoms with Crippen molar-refractivity contribution < 1.29 is 22.8 Å².